The maximum absolute atomic E-state index is 13.0. The van der Waals surface area contributed by atoms with E-state index in [4.69, 9.17) is 10.1 Å². The number of imidazole rings is 1. The first-order valence-corrected chi connectivity index (χ1v) is 10.3. The van der Waals surface area contributed by atoms with Gasteiger partial charge in [0.05, 0.1) is 24.2 Å². The van der Waals surface area contributed by atoms with E-state index in [0.29, 0.717) is 31.1 Å². The Bertz CT molecular complexity index is 1160. The molecule has 1 N–H and O–H groups in total. The van der Waals surface area contributed by atoms with E-state index in [1.54, 1.807) is 12.1 Å². The molecule has 0 radical (unpaired) electrons. The predicted octanol–water partition coefficient (Wildman–Crippen LogP) is 5.34. The zero-order valence-corrected chi connectivity index (χ0v) is 17.4. The van der Waals surface area contributed by atoms with Crippen molar-refractivity contribution in [2.45, 2.75) is 19.5 Å². The lowest BCUT2D eigenvalue weighted by atomic mass is 10.2. The molecule has 0 atom stereocenters. The third-order valence-corrected chi connectivity index (χ3v) is 5.37. The van der Waals surface area contributed by atoms with E-state index in [1.807, 2.05) is 39.5 Å². The highest BCUT2D eigenvalue weighted by Crippen LogP contribution is 2.17. The summed E-state index contributed by atoms with van der Waals surface area (Å²) in [4.78, 5) is 0. The molecular weight excluding hydrogens is 433 g/mol. The topological polar surface area (TPSA) is 42.9 Å². The number of nitrogens with zero attached hydrogens (tertiary/aromatic N) is 2. The number of hydrogen-bond donors (Lipinski definition) is 1. The molecule has 0 aliphatic rings. The van der Waals surface area contributed by atoms with Crippen molar-refractivity contribution in [3.05, 3.63) is 94.3 Å². The monoisotopic (exact) mass is 453 g/mol. The molecule has 0 spiro atoms. The second kappa shape index (κ2) is 8.66. The van der Waals surface area contributed by atoms with Crippen molar-refractivity contribution >= 4 is 27.0 Å². The van der Waals surface area contributed by atoms with Gasteiger partial charge in [0.1, 0.15) is 11.6 Å². The van der Waals surface area contributed by atoms with Gasteiger partial charge in [0.2, 0.25) is 5.62 Å². The standard InChI is InChI=1S/C23H21BrFN3O/c24-18-8-6-17(7-9-18)16-28-22-5-2-1-4-21(22)27(23(28)26)14-3-15-29-20-12-10-19(25)11-13-20/h1-2,4-13,26H,3,14-16H2. The average molecular weight is 454 g/mol. The SMILES string of the molecule is N=c1n(CCCOc2ccc(F)cc2)c2ccccc2n1Cc1ccc(Br)cc1. The summed E-state index contributed by atoms with van der Waals surface area (Å²) in [6.07, 6.45) is 0.750. The molecule has 4 rings (SSSR count). The van der Waals surface area contributed by atoms with E-state index in [0.717, 1.165) is 27.5 Å². The number of para-hydroxylation sites is 2. The average Bonchev–Trinajstić information content (AvgIpc) is 3.00. The summed E-state index contributed by atoms with van der Waals surface area (Å²) in [6, 6.07) is 22.3. The molecule has 0 amide bonds. The maximum atomic E-state index is 13.0. The summed E-state index contributed by atoms with van der Waals surface area (Å²) < 4.78 is 23.8. The highest BCUT2D eigenvalue weighted by molar-refractivity contribution is 9.10. The van der Waals surface area contributed by atoms with Crippen molar-refractivity contribution < 1.29 is 9.13 Å². The number of benzene rings is 3. The minimum absolute atomic E-state index is 0.273. The molecule has 3 aromatic carbocycles. The lowest BCUT2D eigenvalue weighted by molar-refractivity contribution is 0.300. The molecule has 0 fully saturated rings. The second-order valence-corrected chi connectivity index (χ2v) is 7.75. The highest BCUT2D eigenvalue weighted by Gasteiger charge is 2.11. The highest BCUT2D eigenvalue weighted by atomic mass is 79.9. The Hall–Kier alpha value is -2.86. The van der Waals surface area contributed by atoms with Gasteiger partial charge in [-0.05, 0) is 60.5 Å². The van der Waals surface area contributed by atoms with Crippen LogP contribution in [0.4, 0.5) is 4.39 Å². The molecule has 1 aromatic heterocycles. The first-order chi connectivity index (χ1) is 14.1. The number of halogens is 2. The van der Waals surface area contributed by atoms with Crippen molar-refractivity contribution in [2.75, 3.05) is 6.61 Å². The third kappa shape index (κ3) is 4.43. The van der Waals surface area contributed by atoms with Crippen LogP contribution in [0, 0.1) is 11.2 Å². The number of ether oxygens (including phenoxy) is 1. The number of nitrogens with one attached hydrogen (secondary N) is 1. The van der Waals surface area contributed by atoms with Crippen LogP contribution < -0.4 is 10.4 Å². The van der Waals surface area contributed by atoms with Crippen LogP contribution in [0.1, 0.15) is 12.0 Å². The largest absolute Gasteiger partial charge is 0.494 e. The van der Waals surface area contributed by atoms with Crippen LogP contribution in [0.2, 0.25) is 0 Å². The molecular formula is C23H21BrFN3O. The second-order valence-electron chi connectivity index (χ2n) is 6.83. The number of rotatable bonds is 7. The van der Waals surface area contributed by atoms with E-state index in [9.17, 15) is 4.39 Å². The van der Waals surface area contributed by atoms with Crippen molar-refractivity contribution in [2.24, 2.45) is 0 Å². The minimum atomic E-state index is -0.273. The Morgan fingerprint density at radius 2 is 1.52 bits per heavy atom. The van der Waals surface area contributed by atoms with Gasteiger partial charge in [-0.1, -0.05) is 40.2 Å². The Morgan fingerprint density at radius 3 is 2.21 bits per heavy atom. The lowest BCUT2D eigenvalue weighted by Crippen LogP contribution is -2.25. The number of aromatic nitrogens is 2. The van der Waals surface area contributed by atoms with E-state index >= 15 is 0 Å². The maximum Gasteiger partial charge on any atom is 0.203 e. The van der Waals surface area contributed by atoms with Crippen molar-refractivity contribution in [3.63, 3.8) is 0 Å². The zero-order valence-electron chi connectivity index (χ0n) is 15.8. The Kier molecular flexibility index (Phi) is 5.81. The predicted molar refractivity (Wildman–Crippen MR) is 116 cm³/mol. The number of aryl methyl sites for hydroxylation is 1. The first kappa shape index (κ1) is 19.5. The van der Waals surface area contributed by atoms with Crippen LogP contribution in [0.3, 0.4) is 0 Å². The van der Waals surface area contributed by atoms with Crippen LogP contribution in [0.15, 0.2) is 77.3 Å². The number of hydrogen-bond acceptors (Lipinski definition) is 2. The van der Waals surface area contributed by atoms with E-state index in [1.165, 1.54) is 12.1 Å². The Balaban J connectivity index is 1.51. The van der Waals surface area contributed by atoms with Crippen molar-refractivity contribution in [1.82, 2.24) is 9.13 Å². The fraction of sp³-hybridized carbons (Fsp3) is 0.174. The van der Waals surface area contributed by atoms with Gasteiger partial charge in [0.15, 0.2) is 0 Å². The summed E-state index contributed by atoms with van der Waals surface area (Å²) in [5.41, 5.74) is 3.70. The van der Waals surface area contributed by atoms with Gasteiger partial charge >= 0.3 is 0 Å². The van der Waals surface area contributed by atoms with Crippen molar-refractivity contribution in [1.29, 1.82) is 5.41 Å². The van der Waals surface area contributed by atoms with E-state index < -0.39 is 0 Å². The van der Waals surface area contributed by atoms with E-state index in [2.05, 4.69) is 34.1 Å². The summed E-state index contributed by atoms with van der Waals surface area (Å²) >= 11 is 3.47. The molecule has 0 bridgehead atoms. The molecule has 6 heteroatoms. The molecule has 0 saturated carbocycles. The molecule has 29 heavy (non-hydrogen) atoms. The molecule has 148 valence electrons. The van der Waals surface area contributed by atoms with E-state index in [-0.39, 0.29) is 5.82 Å². The van der Waals surface area contributed by atoms with Gasteiger partial charge in [0, 0.05) is 11.0 Å². The van der Waals surface area contributed by atoms with Crippen molar-refractivity contribution in [3.8, 4) is 5.75 Å². The third-order valence-electron chi connectivity index (χ3n) is 4.84. The summed E-state index contributed by atoms with van der Waals surface area (Å²) in [7, 11) is 0. The van der Waals surface area contributed by atoms with Crippen LogP contribution >= 0.6 is 15.9 Å². The molecule has 0 aliphatic heterocycles. The molecule has 0 unspecified atom stereocenters. The van der Waals surface area contributed by atoms with Gasteiger partial charge in [-0.2, -0.15) is 0 Å². The smallest absolute Gasteiger partial charge is 0.203 e. The summed E-state index contributed by atoms with van der Waals surface area (Å²) in [6.45, 7) is 1.82. The molecule has 4 nitrogen and oxygen atoms in total. The van der Waals surface area contributed by atoms with Gasteiger partial charge in [-0.25, -0.2) is 4.39 Å². The van der Waals surface area contributed by atoms with Gasteiger partial charge in [-0.15, -0.1) is 0 Å². The molecule has 4 aromatic rings. The fourth-order valence-corrected chi connectivity index (χ4v) is 3.66. The molecule has 1 heterocycles. The van der Waals surface area contributed by atoms with Gasteiger partial charge < -0.3 is 13.9 Å². The Morgan fingerprint density at radius 1 is 0.862 bits per heavy atom. The lowest BCUT2D eigenvalue weighted by Gasteiger charge is -2.08. The Labute approximate surface area is 176 Å². The molecule has 0 saturated heterocycles. The minimum Gasteiger partial charge on any atom is -0.494 e. The van der Waals surface area contributed by atoms with Crippen LogP contribution in [0.25, 0.3) is 11.0 Å². The fourth-order valence-electron chi connectivity index (χ4n) is 3.40. The quantitative estimate of drug-likeness (QED) is 0.377. The zero-order chi connectivity index (χ0) is 20.2. The van der Waals surface area contributed by atoms with Gasteiger partial charge in [-0.3, -0.25) is 5.41 Å². The summed E-state index contributed by atoms with van der Waals surface area (Å²) in [5, 5.41) is 8.72. The number of fused-ring (bicyclic) bond motifs is 1. The van der Waals surface area contributed by atoms with Crippen LogP contribution in [-0.4, -0.2) is 15.7 Å². The normalized spacial score (nSPS) is 11.1. The molecule has 0 aliphatic carbocycles. The van der Waals surface area contributed by atoms with Crippen LogP contribution in [-0.2, 0) is 13.1 Å². The van der Waals surface area contributed by atoms with Crippen LogP contribution in [0.5, 0.6) is 5.75 Å². The summed E-state index contributed by atoms with van der Waals surface area (Å²) in [5.74, 6) is 0.380. The first-order valence-electron chi connectivity index (χ1n) is 9.47. The van der Waals surface area contributed by atoms with Gasteiger partial charge in [0.25, 0.3) is 0 Å².